The molecule has 21 heteroatoms. The number of fused-ring (bicyclic) bond motifs is 1. The van der Waals surface area contributed by atoms with Crippen molar-refractivity contribution in [1.82, 2.24) is 39.1 Å². The molecule has 2 N–H and O–H groups in total. The molecule has 0 fully saturated rings. The molecule has 0 saturated heterocycles. The average molecular weight is 966 g/mol. The van der Waals surface area contributed by atoms with Crippen molar-refractivity contribution in [2.75, 3.05) is 34.4 Å². The Balaban J connectivity index is 1.50. The number of carbonyl (C=O) groups is 1. The Labute approximate surface area is 392 Å². The number of tetrazole rings is 1. The minimum Gasteiger partial charge on any atom is -0.497 e. The summed E-state index contributed by atoms with van der Waals surface area (Å²) in [4.78, 5) is 17.8. The summed E-state index contributed by atoms with van der Waals surface area (Å²) in [5.41, 5.74) is 1.66. The lowest BCUT2D eigenvalue weighted by molar-refractivity contribution is 0.102. The summed E-state index contributed by atoms with van der Waals surface area (Å²) >= 11 is 1.14. The van der Waals surface area contributed by atoms with Crippen LogP contribution in [0.1, 0.15) is 42.5 Å². The van der Waals surface area contributed by atoms with E-state index in [1.807, 2.05) is 0 Å². The molecule has 0 unspecified atom stereocenters. The standard InChI is InChI=1S/C46H47N9O9S3/c1-46(2,3)54(45(56)57)25-24-48-66(58,59)39-23-22-36(37-8-7-9-38-42(37)49-40(26-47)65-38)41(44-50-52-55(51-44)29-32-14-20-35(64-6)21-15-32)43(39)67(60,61)53(27-30-10-16-33(62-4)17-11-30)28-31-12-18-34(63-5)19-13-31/h7-23,48H,24-25,27-29H2,1-6H3,(H,56,57). The first kappa shape index (κ1) is 48.0. The van der Waals surface area contributed by atoms with Crippen LogP contribution in [0.3, 0.4) is 0 Å². The van der Waals surface area contributed by atoms with Crippen LogP contribution in [-0.2, 0) is 39.7 Å². The van der Waals surface area contributed by atoms with Crippen LogP contribution in [0.5, 0.6) is 17.2 Å². The van der Waals surface area contributed by atoms with Crippen LogP contribution in [0.2, 0.25) is 0 Å². The molecule has 0 spiro atoms. The molecule has 0 aliphatic heterocycles. The van der Waals surface area contributed by atoms with E-state index in [2.05, 4.69) is 26.1 Å². The number of rotatable bonds is 18. The highest BCUT2D eigenvalue weighted by atomic mass is 32.2. The molecule has 67 heavy (non-hydrogen) atoms. The number of carboxylic acid groups (broad SMARTS) is 1. The number of hydrogen-bond acceptors (Lipinski definition) is 14. The molecule has 2 heterocycles. The Bertz CT molecular complexity index is 3120. The fourth-order valence-corrected chi connectivity index (χ4v) is 11.5. The second-order valence-corrected chi connectivity index (χ2v) is 20.7. The molecular weight excluding hydrogens is 919 g/mol. The zero-order valence-electron chi connectivity index (χ0n) is 37.4. The van der Waals surface area contributed by atoms with E-state index >= 15 is 8.42 Å². The van der Waals surface area contributed by atoms with Crippen molar-refractivity contribution in [3.8, 4) is 45.8 Å². The van der Waals surface area contributed by atoms with Gasteiger partial charge in [-0.1, -0.05) is 54.6 Å². The van der Waals surface area contributed by atoms with Crippen molar-refractivity contribution in [1.29, 1.82) is 5.26 Å². The number of nitrogens with one attached hydrogen (secondary N) is 1. The highest BCUT2D eigenvalue weighted by Crippen LogP contribution is 2.43. The van der Waals surface area contributed by atoms with E-state index < -0.39 is 48.0 Å². The van der Waals surface area contributed by atoms with Crippen molar-refractivity contribution in [3.63, 3.8) is 0 Å². The molecule has 0 aliphatic carbocycles. The SMILES string of the molecule is COc1ccc(CN(Cc2ccc(OC)cc2)S(=O)(=O)c2c(S(=O)(=O)NCCN(C(=O)O)C(C)(C)C)ccc(-c3cccc4sc(C#N)nc34)c2-c2nnn(Cc3ccc(OC)cc3)n2)cc1. The number of amides is 1. The van der Waals surface area contributed by atoms with Gasteiger partial charge in [-0.05, 0) is 96.8 Å². The Hall–Kier alpha value is -6.96. The lowest BCUT2D eigenvalue weighted by Gasteiger charge is -2.33. The molecule has 18 nitrogen and oxygen atoms in total. The van der Waals surface area contributed by atoms with Gasteiger partial charge in [0.25, 0.3) is 0 Å². The minimum absolute atomic E-state index is 0.0933. The summed E-state index contributed by atoms with van der Waals surface area (Å²) in [7, 11) is -5.24. The van der Waals surface area contributed by atoms with Gasteiger partial charge in [0.15, 0.2) is 5.01 Å². The molecule has 7 rings (SSSR count). The van der Waals surface area contributed by atoms with Crippen LogP contribution in [-0.4, -0.2) is 102 Å². The van der Waals surface area contributed by atoms with E-state index in [4.69, 9.17) is 19.3 Å². The molecule has 7 aromatic rings. The van der Waals surface area contributed by atoms with Gasteiger partial charge in [-0.15, -0.1) is 21.5 Å². The summed E-state index contributed by atoms with van der Waals surface area (Å²) in [5.74, 6) is 1.47. The number of ether oxygens (including phenoxy) is 3. The van der Waals surface area contributed by atoms with Gasteiger partial charge in [0.2, 0.25) is 25.9 Å². The van der Waals surface area contributed by atoms with Crippen molar-refractivity contribution < 1.29 is 40.9 Å². The average Bonchev–Trinajstić information content (AvgIpc) is 3.97. The molecule has 0 bridgehead atoms. The predicted octanol–water partition coefficient (Wildman–Crippen LogP) is 7.01. The zero-order chi connectivity index (χ0) is 48.1. The van der Waals surface area contributed by atoms with E-state index in [0.717, 1.165) is 26.1 Å². The monoisotopic (exact) mass is 965 g/mol. The van der Waals surface area contributed by atoms with E-state index in [1.165, 1.54) is 31.1 Å². The summed E-state index contributed by atoms with van der Waals surface area (Å²) in [5, 5.41) is 33.4. The van der Waals surface area contributed by atoms with Crippen LogP contribution >= 0.6 is 11.3 Å². The summed E-state index contributed by atoms with van der Waals surface area (Å²) in [6.07, 6.45) is -1.27. The third-order valence-corrected chi connectivity index (χ3v) is 15.1. The summed E-state index contributed by atoms with van der Waals surface area (Å²) in [6, 6.07) is 30.6. The van der Waals surface area contributed by atoms with E-state index in [9.17, 15) is 23.6 Å². The third-order valence-electron chi connectivity index (χ3n) is 10.7. The number of thiazole rings is 1. The molecule has 0 radical (unpaired) electrons. The van der Waals surface area contributed by atoms with E-state index in [-0.39, 0.29) is 48.1 Å². The maximum absolute atomic E-state index is 16.1. The lowest BCUT2D eigenvalue weighted by atomic mass is 9.98. The van der Waals surface area contributed by atoms with Crippen LogP contribution < -0.4 is 18.9 Å². The number of benzene rings is 5. The Morgan fingerprint density at radius 1 is 0.806 bits per heavy atom. The number of sulfonamides is 2. The fourth-order valence-electron chi connectivity index (χ4n) is 7.31. The second kappa shape index (κ2) is 19.9. The van der Waals surface area contributed by atoms with Gasteiger partial charge < -0.3 is 24.2 Å². The van der Waals surface area contributed by atoms with Crippen LogP contribution in [0, 0.1) is 11.3 Å². The molecule has 2 aromatic heterocycles. The molecule has 0 atom stereocenters. The number of hydrogen-bond donors (Lipinski definition) is 2. The van der Waals surface area contributed by atoms with Gasteiger partial charge in [-0.2, -0.15) is 14.4 Å². The third kappa shape index (κ3) is 10.7. The van der Waals surface area contributed by atoms with Crippen molar-refractivity contribution in [2.45, 2.75) is 55.7 Å². The van der Waals surface area contributed by atoms with Crippen molar-refractivity contribution >= 4 is 47.7 Å². The van der Waals surface area contributed by atoms with Gasteiger partial charge in [0.1, 0.15) is 33.1 Å². The molecule has 0 saturated carbocycles. The summed E-state index contributed by atoms with van der Waals surface area (Å²) in [6.45, 7) is 3.96. The second-order valence-electron chi connectivity index (χ2n) is 16.1. The number of aromatic nitrogens is 5. The zero-order valence-corrected chi connectivity index (χ0v) is 39.8. The highest BCUT2D eigenvalue weighted by Gasteiger charge is 2.38. The van der Waals surface area contributed by atoms with Crippen LogP contribution in [0.4, 0.5) is 4.79 Å². The van der Waals surface area contributed by atoms with Gasteiger partial charge in [0, 0.05) is 37.3 Å². The molecular formula is C46H47N9O9S3. The molecule has 0 aliphatic rings. The van der Waals surface area contributed by atoms with Crippen molar-refractivity contribution in [2.24, 2.45) is 0 Å². The maximum atomic E-state index is 16.1. The molecule has 1 amide bonds. The Morgan fingerprint density at radius 2 is 1.37 bits per heavy atom. The van der Waals surface area contributed by atoms with Crippen LogP contribution in [0.15, 0.2) is 113 Å². The number of methoxy groups -OCH3 is 3. The largest absolute Gasteiger partial charge is 0.497 e. The summed E-state index contributed by atoms with van der Waals surface area (Å²) < 4.78 is 82.1. The molecule has 348 valence electrons. The predicted molar refractivity (Wildman–Crippen MR) is 251 cm³/mol. The van der Waals surface area contributed by atoms with E-state index in [0.29, 0.717) is 44.2 Å². The number of nitrogens with zero attached hydrogens (tertiary/aromatic N) is 8. The topological polar surface area (TPSA) is 232 Å². The van der Waals surface area contributed by atoms with E-state index in [1.54, 1.807) is 119 Å². The number of nitriles is 1. The fraction of sp³-hybridized carbons (Fsp3) is 0.261. The maximum Gasteiger partial charge on any atom is 0.407 e. The van der Waals surface area contributed by atoms with Crippen molar-refractivity contribution in [3.05, 3.63) is 125 Å². The van der Waals surface area contributed by atoms with Gasteiger partial charge in [0.05, 0.1) is 43.7 Å². The number of para-hydroxylation sites is 1. The lowest BCUT2D eigenvalue weighted by Crippen LogP contribution is -2.48. The van der Waals surface area contributed by atoms with Gasteiger partial charge >= 0.3 is 6.09 Å². The van der Waals surface area contributed by atoms with Crippen LogP contribution in [0.25, 0.3) is 32.7 Å². The first-order chi connectivity index (χ1) is 31.9. The first-order valence-electron chi connectivity index (χ1n) is 20.6. The van der Waals surface area contributed by atoms with Gasteiger partial charge in [-0.25, -0.2) is 31.3 Å². The molecule has 5 aromatic carbocycles. The Morgan fingerprint density at radius 3 is 1.90 bits per heavy atom. The smallest absolute Gasteiger partial charge is 0.407 e. The van der Waals surface area contributed by atoms with Gasteiger partial charge in [-0.3, -0.25) is 0 Å². The minimum atomic E-state index is -4.99. The normalized spacial score (nSPS) is 12.0. The quantitative estimate of drug-likeness (QED) is 0.0881. The Kier molecular flexibility index (Phi) is 14.2. The first-order valence-corrected chi connectivity index (χ1v) is 24.3. The highest BCUT2D eigenvalue weighted by molar-refractivity contribution is 7.92.